The molecule has 4 fully saturated rings. The molecule has 5 aliphatic rings. The number of nitrogens with one attached hydrogen (secondary N) is 2. The third-order valence-electron chi connectivity index (χ3n) is 14.2. The highest BCUT2D eigenvalue weighted by Gasteiger charge is 2.45. The summed E-state index contributed by atoms with van der Waals surface area (Å²) >= 11 is 12.7. The van der Waals surface area contributed by atoms with Gasteiger partial charge in [0.05, 0.1) is 38.7 Å². The number of carbonyl (C=O) groups excluding carboxylic acids is 6. The van der Waals surface area contributed by atoms with Crippen molar-refractivity contribution in [2.45, 2.75) is 69.6 Å². The summed E-state index contributed by atoms with van der Waals surface area (Å²) < 4.78 is 6.24. The Morgan fingerprint density at radius 3 is 2.25 bits per heavy atom. The summed E-state index contributed by atoms with van der Waals surface area (Å²) in [5.74, 6) is -1.02. The lowest BCUT2D eigenvalue weighted by molar-refractivity contribution is -0.143. The lowest BCUT2D eigenvalue weighted by atomic mass is 9.86. The molecule has 69 heavy (non-hydrogen) atoms. The number of hydrogen-bond donors (Lipinski definition) is 3. The largest absolute Gasteiger partial charge is 0.486 e. The molecule has 0 aliphatic carbocycles. The van der Waals surface area contributed by atoms with Crippen LogP contribution in [0.4, 0.5) is 11.5 Å². The Labute approximate surface area is 406 Å². The van der Waals surface area contributed by atoms with Crippen molar-refractivity contribution in [3.05, 3.63) is 93.9 Å². The number of anilines is 2. The van der Waals surface area contributed by atoms with Gasteiger partial charge in [0.2, 0.25) is 23.6 Å². The van der Waals surface area contributed by atoms with E-state index < -0.39 is 41.4 Å². The molecule has 0 saturated carbocycles. The van der Waals surface area contributed by atoms with Gasteiger partial charge < -0.3 is 29.4 Å². The summed E-state index contributed by atoms with van der Waals surface area (Å²) in [5, 5.41) is 23.2. The van der Waals surface area contributed by atoms with E-state index in [4.69, 9.17) is 32.9 Å². The smallest absolute Gasteiger partial charge is 0.262 e. The van der Waals surface area contributed by atoms with Crippen molar-refractivity contribution in [2.75, 3.05) is 62.2 Å². The van der Waals surface area contributed by atoms with E-state index >= 15 is 0 Å². The van der Waals surface area contributed by atoms with Crippen LogP contribution in [0.2, 0.25) is 10.0 Å². The number of piperazine rings is 1. The summed E-state index contributed by atoms with van der Waals surface area (Å²) in [7, 11) is 0. The number of H-pyrrole nitrogens is 1. The maximum absolute atomic E-state index is 13.7. The average molecular weight is 978 g/mol. The maximum atomic E-state index is 13.7. The van der Waals surface area contributed by atoms with Crippen molar-refractivity contribution >= 4 is 81.1 Å². The van der Waals surface area contributed by atoms with Crippen molar-refractivity contribution in [1.82, 2.24) is 40.2 Å². The molecule has 1 unspecified atom stereocenters. The Hall–Kier alpha value is -6.63. The Bertz CT molecular complexity index is 2850. The summed E-state index contributed by atoms with van der Waals surface area (Å²) in [6.45, 7) is 6.01. The number of amides is 6. The van der Waals surface area contributed by atoms with Crippen LogP contribution >= 0.6 is 23.2 Å². The van der Waals surface area contributed by atoms with Crippen molar-refractivity contribution < 1.29 is 38.6 Å². The molecule has 20 heteroatoms. The van der Waals surface area contributed by atoms with Gasteiger partial charge in [-0.15, -0.1) is 0 Å². The molecule has 2 atom stereocenters. The molecule has 3 aromatic heterocycles. The number of aliphatic hydroxyl groups is 1. The third-order valence-corrected chi connectivity index (χ3v) is 14.8. The van der Waals surface area contributed by atoms with Gasteiger partial charge in [0, 0.05) is 105 Å². The third kappa shape index (κ3) is 9.08. The number of nitrogens with zero attached hydrogens (tertiary/aromatic N) is 8. The van der Waals surface area contributed by atoms with Crippen LogP contribution in [0.3, 0.4) is 0 Å². The van der Waals surface area contributed by atoms with E-state index in [1.807, 2.05) is 47.1 Å². The summed E-state index contributed by atoms with van der Waals surface area (Å²) in [6.07, 6.45) is 6.32. The van der Waals surface area contributed by atoms with Crippen molar-refractivity contribution in [3.8, 4) is 17.0 Å². The van der Waals surface area contributed by atoms with Gasteiger partial charge in [-0.3, -0.25) is 49.1 Å². The monoisotopic (exact) mass is 976 g/mol. The van der Waals surface area contributed by atoms with E-state index in [9.17, 15) is 33.9 Å². The number of pyridine rings is 2. The van der Waals surface area contributed by atoms with Crippen LogP contribution in [0.15, 0.2) is 67.1 Å². The average Bonchev–Trinajstić information content (AvgIpc) is 3.88. The lowest BCUT2D eigenvalue weighted by Gasteiger charge is -2.41. The van der Waals surface area contributed by atoms with Gasteiger partial charge in [-0.25, -0.2) is 4.98 Å². The van der Waals surface area contributed by atoms with Gasteiger partial charge in [-0.05, 0) is 87.6 Å². The van der Waals surface area contributed by atoms with Gasteiger partial charge in [-0.2, -0.15) is 5.10 Å². The first-order valence-corrected chi connectivity index (χ1v) is 24.0. The Morgan fingerprint density at radius 1 is 0.826 bits per heavy atom. The Balaban J connectivity index is 0.674. The van der Waals surface area contributed by atoms with E-state index in [0.717, 1.165) is 32.9 Å². The molecule has 0 bridgehead atoms. The first-order chi connectivity index (χ1) is 33.2. The number of rotatable bonds is 10. The number of aromatic amines is 1. The van der Waals surface area contributed by atoms with Gasteiger partial charge >= 0.3 is 0 Å². The van der Waals surface area contributed by atoms with E-state index in [1.165, 1.54) is 12.4 Å². The molecule has 8 heterocycles. The van der Waals surface area contributed by atoms with Gasteiger partial charge in [0.1, 0.15) is 29.4 Å². The highest BCUT2D eigenvalue weighted by atomic mass is 35.5. The number of imide groups is 2. The topological polar surface area (TPSA) is 215 Å². The highest BCUT2D eigenvalue weighted by Crippen LogP contribution is 2.37. The van der Waals surface area contributed by atoms with Crippen LogP contribution in [-0.4, -0.2) is 139 Å². The van der Waals surface area contributed by atoms with Crippen LogP contribution < -0.4 is 19.9 Å². The van der Waals surface area contributed by atoms with Crippen LogP contribution in [0, 0.1) is 5.92 Å². The van der Waals surface area contributed by atoms with Gasteiger partial charge in [0.15, 0.2) is 0 Å². The zero-order valence-corrected chi connectivity index (χ0v) is 39.3. The van der Waals surface area contributed by atoms with Crippen LogP contribution in [0.1, 0.15) is 84.3 Å². The minimum Gasteiger partial charge on any atom is -0.486 e. The van der Waals surface area contributed by atoms with Crippen LogP contribution in [0.5, 0.6) is 5.75 Å². The first-order valence-electron chi connectivity index (χ1n) is 23.3. The predicted octanol–water partition coefficient (Wildman–Crippen LogP) is 5.18. The first kappa shape index (κ1) is 46.1. The summed E-state index contributed by atoms with van der Waals surface area (Å²) in [5.41, 5.74) is 2.96. The molecule has 10 rings (SSSR count). The zero-order chi connectivity index (χ0) is 48.1. The molecule has 5 aliphatic heterocycles. The molecule has 18 nitrogen and oxygen atoms in total. The van der Waals surface area contributed by atoms with E-state index in [1.54, 1.807) is 29.3 Å². The quantitative estimate of drug-likeness (QED) is 0.154. The second-order valence-electron chi connectivity index (χ2n) is 18.5. The summed E-state index contributed by atoms with van der Waals surface area (Å²) in [6, 6.07) is 13.6. The molecular formula is C49H50Cl2N10O8. The zero-order valence-electron chi connectivity index (χ0n) is 37.8. The fraction of sp³-hybridized carbons (Fsp3) is 0.408. The number of aromatic nitrogens is 4. The van der Waals surface area contributed by atoms with Gasteiger partial charge in [0.25, 0.3) is 11.8 Å². The number of piperidine rings is 3. The molecule has 5 aromatic rings. The predicted molar refractivity (Wildman–Crippen MR) is 255 cm³/mol. The number of hydrogen-bond acceptors (Lipinski definition) is 13. The van der Waals surface area contributed by atoms with E-state index in [0.29, 0.717) is 105 Å². The molecule has 2 aromatic carbocycles. The number of halogens is 2. The lowest BCUT2D eigenvalue weighted by Crippen LogP contribution is -2.54. The molecule has 4 saturated heterocycles. The maximum Gasteiger partial charge on any atom is 0.262 e. The summed E-state index contributed by atoms with van der Waals surface area (Å²) in [4.78, 5) is 95.5. The van der Waals surface area contributed by atoms with E-state index in [-0.39, 0.29) is 48.1 Å². The molecule has 6 amide bonds. The molecular weight excluding hydrogens is 928 g/mol. The van der Waals surface area contributed by atoms with Crippen LogP contribution in [0.25, 0.3) is 22.2 Å². The minimum atomic E-state index is -1.21. The second kappa shape index (κ2) is 18.7. The second-order valence-corrected chi connectivity index (χ2v) is 19.3. The standard InChI is InChI=1S/C49H50Cl2N10O8/c1-28(43-36(50)26-52-27-37(43)51)69-32-4-6-38-35(23-32)44(56-55-38)30-2-8-40(53-25-30)58-18-20-60(21-19-58)46(65)29-10-14-59(15-11-29)42(63)24-49(68)12-16-57(17-13-49)31-3-5-33-34(22-31)48(67)61(47(33)66)39-7-9-41(62)54-45(39)64/h2-6,8,22-23,25-29,39,68H,7,9-21,24H2,1H3,(H,55,56)(H,54,62,64)/t28-,39?/m1/s1. The SMILES string of the molecule is C[C@@H](Oc1ccc2[nH]nc(-c3ccc(N4CCN(C(=O)C5CCN(C(=O)CC6(O)CCN(c7ccc8c(c7)C(=O)N(C7CCC(=O)NC7=O)C8=O)CC6)CC5)CC4)nc3)c2c1)c1c(Cl)cncc1Cl. The fourth-order valence-electron chi connectivity index (χ4n) is 10.3. The molecule has 3 N–H and O–H groups in total. The van der Waals surface area contributed by atoms with Crippen LogP contribution in [-0.2, 0) is 19.2 Å². The number of benzene rings is 2. The number of likely N-dealkylation sites (tertiary alicyclic amines) is 1. The normalized spacial score (nSPS) is 20.3. The molecule has 0 spiro atoms. The number of carbonyl (C=O) groups is 6. The van der Waals surface area contributed by atoms with Crippen molar-refractivity contribution in [1.29, 1.82) is 0 Å². The van der Waals surface area contributed by atoms with Crippen molar-refractivity contribution in [3.63, 3.8) is 0 Å². The Kier molecular flexibility index (Phi) is 12.5. The fourth-order valence-corrected chi connectivity index (χ4v) is 10.9. The molecule has 358 valence electrons. The number of fused-ring (bicyclic) bond motifs is 2. The number of ether oxygens (including phenoxy) is 1. The Morgan fingerprint density at radius 2 is 1.55 bits per heavy atom. The van der Waals surface area contributed by atoms with Gasteiger partial charge in [-0.1, -0.05) is 23.2 Å². The van der Waals surface area contributed by atoms with Crippen molar-refractivity contribution in [2.24, 2.45) is 5.92 Å². The molecule has 0 radical (unpaired) electrons. The highest BCUT2D eigenvalue weighted by molar-refractivity contribution is 6.35. The van der Waals surface area contributed by atoms with E-state index in [2.05, 4.69) is 25.4 Å². The minimum absolute atomic E-state index is 0.0260.